The third-order valence-electron chi connectivity index (χ3n) is 18.9. The van der Waals surface area contributed by atoms with Crippen LogP contribution in [0.15, 0.2) is 147 Å². The lowest BCUT2D eigenvalue weighted by Crippen LogP contribution is -2.58. The van der Waals surface area contributed by atoms with Gasteiger partial charge in [0.25, 0.3) is 11.1 Å². The minimum absolute atomic E-state index is 0.00644. The van der Waals surface area contributed by atoms with Gasteiger partial charge >= 0.3 is 30.9 Å². The van der Waals surface area contributed by atoms with Gasteiger partial charge in [0.05, 0.1) is 99.4 Å². The number of piperazine rings is 1. The standard InChI is InChI=1S/C33H38ClN7O2.C24H24ClN5O2.C17H17Cl2N5O2.C7H5BF3O2/c1-9-26(42)39-15-22(8)40(16-21(39)7)31-24-14-25(34)29(23-13-11-10-12-20(23)6)37-32(24)41(33(43)38-31)30-27(18(2)3)35-17-36-28(30)19(4)5;1-12(2)18-21(19(13(3)4)27-11-26-18)30-22-16(23(31)29-24(30)32)10-17(25)20(28-22)15-9-7-6-8-14(15)5;1-7(2)11-13(12(8(3)4)21-6-20-11)24-15-9(16(25)23-17(24)26)5-10(18)14(19)22-15;9-7(10,11)5-3-1-2-4-6(5)13-8-12/h9-14,17-19,21-22H,1,15-16H2,2-8H3;6-13H,1-5H3,(H,29,31,32);5-8H,1-4H3,(H,23,25,26);1-4,12H/t21-,22+;;;/m1.../s1. The summed E-state index contributed by atoms with van der Waals surface area (Å²) in [6, 6.07) is 24.8. The summed E-state index contributed by atoms with van der Waals surface area (Å²) >= 11 is 25.6. The van der Waals surface area contributed by atoms with Crippen LogP contribution in [0.4, 0.5) is 19.0 Å². The second-order valence-corrected chi connectivity index (χ2v) is 30.6. The quantitative estimate of drug-likeness (QED) is 0.0488. The number of hydrogen-bond acceptors (Lipinski definition) is 19. The number of nitrogens with zero attached hydrogens (tertiary/aromatic N) is 15. The van der Waals surface area contributed by atoms with E-state index in [-0.39, 0.29) is 93.4 Å². The van der Waals surface area contributed by atoms with Crippen LogP contribution in [-0.4, -0.2) is 122 Å². The molecule has 33 heteroatoms. The van der Waals surface area contributed by atoms with Crippen molar-refractivity contribution >= 4 is 98.9 Å². The monoisotopic (exact) mass is 1630 g/mol. The first-order chi connectivity index (χ1) is 53.9. The van der Waals surface area contributed by atoms with Crippen molar-refractivity contribution in [3.05, 3.63) is 246 Å². The number of pyridine rings is 3. The molecule has 1 fully saturated rings. The van der Waals surface area contributed by atoms with Gasteiger partial charge in [-0.1, -0.05) is 197 Å². The Labute approximate surface area is 674 Å². The fourth-order valence-corrected chi connectivity index (χ4v) is 14.2. The van der Waals surface area contributed by atoms with Crippen molar-refractivity contribution in [2.24, 2.45) is 0 Å². The molecule has 0 bridgehead atoms. The van der Waals surface area contributed by atoms with Crippen molar-refractivity contribution in [2.75, 3.05) is 18.0 Å². The topological polar surface area (TPSA) is 314 Å². The van der Waals surface area contributed by atoms with Crippen LogP contribution < -0.4 is 37.7 Å². The number of hydrogen-bond donors (Lipinski definition) is 3. The highest BCUT2D eigenvalue weighted by Gasteiger charge is 2.37. The number of alkyl halides is 3. The van der Waals surface area contributed by atoms with E-state index in [9.17, 15) is 41.9 Å². The first kappa shape index (κ1) is 85.6. The Morgan fingerprint density at radius 3 is 1.32 bits per heavy atom. The van der Waals surface area contributed by atoms with Crippen molar-refractivity contribution in [3.63, 3.8) is 0 Å². The van der Waals surface area contributed by atoms with Crippen molar-refractivity contribution in [1.82, 2.24) is 78.4 Å². The summed E-state index contributed by atoms with van der Waals surface area (Å²) in [4.78, 5) is 132. The zero-order valence-corrected chi connectivity index (χ0v) is 68.5. The smallest absolute Gasteiger partial charge is 0.537 e. The molecular formula is C81H84BCl4F3N17O8. The number of benzene rings is 3. The Balaban J connectivity index is 0.000000172. The zero-order chi connectivity index (χ0) is 83.4. The lowest BCUT2D eigenvalue weighted by Gasteiger charge is -2.44. The van der Waals surface area contributed by atoms with Crippen LogP contribution in [0.3, 0.4) is 0 Å². The molecule has 0 aliphatic carbocycles. The number of halogens is 7. The van der Waals surface area contributed by atoms with Gasteiger partial charge in [-0.3, -0.25) is 24.4 Å². The van der Waals surface area contributed by atoms with E-state index >= 15 is 0 Å². The zero-order valence-electron chi connectivity index (χ0n) is 65.4. The van der Waals surface area contributed by atoms with Crippen molar-refractivity contribution in [1.29, 1.82) is 0 Å². The number of para-hydroxylation sites is 1. The van der Waals surface area contributed by atoms with Crippen LogP contribution in [0.1, 0.15) is 183 Å². The highest BCUT2D eigenvalue weighted by Crippen LogP contribution is 2.41. The summed E-state index contributed by atoms with van der Waals surface area (Å²) in [6.45, 7) is 36.6. The van der Waals surface area contributed by atoms with E-state index in [1.165, 1.54) is 46.1 Å². The van der Waals surface area contributed by atoms with Gasteiger partial charge in [-0.25, -0.2) is 72.9 Å². The van der Waals surface area contributed by atoms with Gasteiger partial charge in [0.1, 0.15) is 35.7 Å². The Morgan fingerprint density at radius 2 is 0.912 bits per heavy atom. The minimum atomic E-state index is -4.47. The first-order valence-electron chi connectivity index (χ1n) is 36.6. The molecule has 0 saturated carbocycles. The van der Waals surface area contributed by atoms with Gasteiger partial charge in [-0.05, 0) is 111 Å². The predicted octanol–water partition coefficient (Wildman–Crippen LogP) is 15.8. The molecule has 1 aliphatic heterocycles. The summed E-state index contributed by atoms with van der Waals surface area (Å²) in [6.07, 6.45) is 1.41. The summed E-state index contributed by atoms with van der Waals surface area (Å²) in [5.74, 6) is 0.0347. The molecule has 2 atom stereocenters. The molecule has 593 valence electrons. The van der Waals surface area contributed by atoms with E-state index < -0.39 is 45.7 Å². The van der Waals surface area contributed by atoms with E-state index in [0.29, 0.717) is 91.2 Å². The number of carbonyl (C=O) groups excluding carboxylic acids is 1. The van der Waals surface area contributed by atoms with Crippen LogP contribution in [0, 0.1) is 13.8 Å². The molecule has 12 aromatic rings. The van der Waals surface area contributed by atoms with Crippen LogP contribution in [0.25, 0.3) is 72.7 Å². The van der Waals surface area contributed by atoms with E-state index in [2.05, 4.69) is 61.0 Å². The molecule has 1 radical (unpaired) electrons. The first-order valence-corrected chi connectivity index (χ1v) is 38.1. The lowest BCUT2D eigenvalue weighted by molar-refractivity contribution is -0.138. The molecule has 3 aromatic carbocycles. The molecule has 9 aromatic heterocycles. The van der Waals surface area contributed by atoms with Crippen molar-refractivity contribution in [3.8, 4) is 45.3 Å². The van der Waals surface area contributed by atoms with Crippen molar-refractivity contribution < 1.29 is 27.6 Å². The van der Waals surface area contributed by atoms with Gasteiger partial charge in [-0.15, -0.1) is 0 Å². The molecule has 10 heterocycles. The summed E-state index contributed by atoms with van der Waals surface area (Å²) in [5, 5.41) is 10.1. The van der Waals surface area contributed by atoms with E-state index in [4.69, 9.17) is 66.4 Å². The average Bonchev–Trinajstić information content (AvgIpc) is 0.740. The molecule has 3 N–H and O–H groups in total. The number of fused-ring (bicyclic) bond motifs is 3. The number of rotatable bonds is 15. The number of aryl methyl sites for hydroxylation is 2. The molecule has 1 amide bonds. The number of H-pyrrole nitrogens is 2. The average molecular weight is 1630 g/mol. The van der Waals surface area contributed by atoms with Gasteiger partial charge in [0.15, 0.2) is 16.9 Å². The third-order valence-corrected chi connectivity index (χ3v) is 20.2. The van der Waals surface area contributed by atoms with Gasteiger partial charge in [-0.2, -0.15) is 18.2 Å². The number of anilines is 1. The molecule has 0 spiro atoms. The normalized spacial score (nSPS) is 13.7. The second kappa shape index (κ2) is 35.7. The van der Waals surface area contributed by atoms with Crippen LogP contribution in [-0.2, 0) is 11.0 Å². The van der Waals surface area contributed by atoms with E-state index in [1.807, 2.05) is 165 Å². The molecule has 1 saturated heterocycles. The second-order valence-electron chi connectivity index (χ2n) is 29.1. The third kappa shape index (κ3) is 17.7. The minimum Gasteiger partial charge on any atom is -0.537 e. The van der Waals surface area contributed by atoms with Crippen LogP contribution in [0.2, 0.25) is 20.2 Å². The number of aromatic amines is 2. The Bertz CT molecular complexity index is 5910. The number of nitrogens with one attached hydrogen (secondary N) is 2. The fraction of sp³-hybridized carbons (Fsp3) is 0.333. The Kier molecular flexibility index (Phi) is 26.8. The molecule has 114 heavy (non-hydrogen) atoms. The predicted molar refractivity (Wildman–Crippen MR) is 441 cm³/mol. The molecular weight excluding hydrogens is 1550 g/mol. The highest BCUT2D eigenvalue weighted by atomic mass is 35.5. The number of amides is 1. The van der Waals surface area contributed by atoms with Crippen molar-refractivity contribution in [2.45, 2.75) is 165 Å². The van der Waals surface area contributed by atoms with Gasteiger partial charge in [0, 0.05) is 36.3 Å². The van der Waals surface area contributed by atoms with Gasteiger partial charge in [0.2, 0.25) is 5.91 Å². The maximum Gasteiger partial charge on any atom is 0.569 e. The molecule has 1 aliphatic rings. The Morgan fingerprint density at radius 1 is 0.535 bits per heavy atom. The summed E-state index contributed by atoms with van der Waals surface area (Å²) < 4.78 is 45.2. The van der Waals surface area contributed by atoms with Crippen LogP contribution >= 0.6 is 46.4 Å². The Hall–Kier alpha value is -10.8. The maximum atomic E-state index is 14.3. The van der Waals surface area contributed by atoms with Gasteiger partial charge < -0.3 is 19.5 Å². The summed E-state index contributed by atoms with van der Waals surface area (Å²) in [5.41, 5.74) is 7.71. The van der Waals surface area contributed by atoms with Crippen LogP contribution in [0.5, 0.6) is 5.75 Å². The fourth-order valence-electron chi connectivity index (χ4n) is 13.4. The maximum absolute atomic E-state index is 14.3. The summed E-state index contributed by atoms with van der Waals surface area (Å²) in [7, 11) is 0.213. The number of aromatic nitrogens is 15. The SMILES string of the molecule is C=CC(=O)N1C[C@H](C)N(c2nc(=O)n(-c3c(C(C)C)ncnc3C(C)C)c3nc(-c4ccccc4C)c(Cl)cc23)C[C@H]1C.CC(C)c1ncnc(C(C)C)c1-n1c(=O)[nH]c(=O)c2cc(Cl)c(Cl)nc21.Cc1ccccc1-c1nc2c(cc1Cl)c(=O)[nH]c(=O)n2-c1c(C(C)C)ncnc1C(C)C.O[B]Oc1ccccc1C(F)(F)F. The number of carbonyl (C=O) groups is 1. The lowest BCUT2D eigenvalue weighted by atomic mass is 10.0. The molecule has 25 nitrogen and oxygen atoms in total. The largest absolute Gasteiger partial charge is 0.569 e. The van der Waals surface area contributed by atoms with E-state index in [0.717, 1.165) is 45.8 Å². The molecule has 13 rings (SSSR count). The molecule has 0 unspecified atom stereocenters. The van der Waals surface area contributed by atoms with E-state index in [1.54, 1.807) is 21.9 Å². The highest BCUT2D eigenvalue weighted by molar-refractivity contribution is 6.41.